The molecule has 1 aromatic carbocycles. The van der Waals surface area contributed by atoms with Gasteiger partial charge in [0.1, 0.15) is 5.75 Å². The van der Waals surface area contributed by atoms with Crippen molar-refractivity contribution in [3.63, 3.8) is 0 Å². The maximum Gasteiger partial charge on any atom is 0.269 e. The van der Waals surface area contributed by atoms with E-state index in [4.69, 9.17) is 9.57 Å². The summed E-state index contributed by atoms with van der Waals surface area (Å²) >= 11 is 0. The van der Waals surface area contributed by atoms with Crippen LogP contribution in [0.5, 0.6) is 5.75 Å². The number of para-hydroxylation sites is 1. The predicted molar refractivity (Wildman–Crippen MR) is 79.5 cm³/mol. The molecule has 0 aliphatic carbocycles. The number of methoxy groups -OCH3 is 1. The minimum atomic E-state index is -0.888. The van der Waals surface area contributed by atoms with Crippen LogP contribution in [0.4, 0.5) is 0 Å². The van der Waals surface area contributed by atoms with Crippen LogP contribution in [0.1, 0.15) is 31.7 Å². The number of amides is 1. The van der Waals surface area contributed by atoms with E-state index in [2.05, 4.69) is 5.16 Å². The van der Waals surface area contributed by atoms with E-state index in [-0.39, 0.29) is 5.91 Å². The van der Waals surface area contributed by atoms with Crippen LogP contribution in [0.2, 0.25) is 0 Å². The zero-order chi connectivity index (χ0) is 14.9. The molecule has 5 heteroatoms. The third-order valence-corrected chi connectivity index (χ3v) is 4.13. The number of carbonyl (C=O) groups excluding carboxylic acids is 1. The number of hydrogen-bond donors (Lipinski definition) is 0. The third-order valence-electron chi connectivity index (χ3n) is 4.13. The molecule has 0 unspecified atom stereocenters. The van der Waals surface area contributed by atoms with Crippen LogP contribution in [0.3, 0.4) is 0 Å². The van der Waals surface area contributed by atoms with Crippen LogP contribution in [-0.4, -0.2) is 42.3 Å². The van der Waals surface area contributed by atoms with Crippen LogP contribution in [0.15, 0.2) is 29.4 Å². The number of oxime groups is 1. The van der Waals surface area contributed by atoms with E-state index < -0.39 is 5.60 Å². The Morgan fingerprint density at radius 3 is 2.76 bits per heavy atom. The number of hydrogen-bond acceptors (Lipinski definition) is 4. The van der Waals surface area contributed by atoms with Crippen molar-refractivity contribution in [1.82, 2.24) is 4.90 Å². The molecule has 2 heterocycles. The van der Waals surface area contributed by atoms with Gasteiger partial charge in [0, 0.05) is 25.1 Å². The quantitative estimate of drug-likeness (QED) is 0.856. The van der Waals surface area contributed by atoms with Gasteiger partial charge in [0.15, 0.2) is 0 Å². The number of carbonyl (C=O) groups is 1. The summed E-state index contributed by atoms with van der Waals surface area (Å²) in [5, 5.41) is 4.15. The van der Waals surface area contributed by atoms with Gasteiger partial charge in [-0.05, 0) is 31.9 Å². The Hall–Kier alpha value is -2.04. The summed E-state index contributed by atoms with van der Waals surface area (Å²) in [6, 6.07) is 7.66. The lowest BCUT2D eigenvalue weighted by Crippen LogP contribution is -2.46. The molecule has 1 amide bonds. The fraction of sp³-hybridized carbons (Fsp3) is 0.500. The smallest absolute Gasteiger partial charge is 0.269 e. The van der Waals surface area contributed by atoms with Crippen LogP contribution < -0.4 is 4.74 Å². The predicted octanol–water partition coefficient (Wildman–Crippen LogP) is 2.20. The largest absolute Gasteiger partial charge is 0.496 e. The molecule has 1 saturated heterocycles. The molecule has 0 radical (unpaired) electrons. The topological polar surface area (TPSA) is 51.1 Å². The van der Waals surface area contributed by atoms with Crippen molar-refractivity contribution >= 4 is 11.6 Å². The average molecular weight is 288 g/mol. The van der Waals surface area contributed by atoms with Gasteiger partial charge in [-0.3, -0.25) is 4.79 Å². The van der Waals surface area contributed by atoms with E-state index in [1.165, 1.54) is 0 Å². The van der Waals surface area contributed by atoms with Crippen LogP contribution in [0, 0.1) is 0 Å². The van der Waals surface area contributed by atoms with Crippen molar-refractivity contribution in [2.75, 3.05) is 20.2 Å². The molecular weight excluding hydrogens is 268 g/mol. The fourth-order valence-electron chi connectivity index (χ4n) is 2.94. The van der Waals surface area contributed by atoms with Gasteiger partial charge in [-0.25, -0.2) is 0 Å². The molecule has 3 rings (SSSR count). The summed E-state index contributed by atoms with van der Waals surface area (Å²) in [5.41, 5.74) is 0.765. The van der Waals surface area contributed by atoms with E-state index in [0.29, 0.717) is 6.42 Å². The lowest BCUT2D eigenvalue weighted by molar-refractivity contribution is -0.152. The summed E-state index contributed by atoms with van der Waals surface area (Å²) in [5.74, 6) is 0.784. The van der Waals surface area contributed by atoms with Gasteiger partial charge in [0.2, 0.25) is 5.60 Å². The van der Waals surface area contributed by atoms with E-state index in [1.807, 2.05) is 36.1 Å². The van der Waals surface area contributed by atoms with Crippen molar-refractivity contribution in [3.8, 4) is 5.75 Å². The first-order valence-corrected chi connectivity index (χ1v) is 7.32. The highest BCUT2D eigenvalue weighted by Gasteiger charge is 2.45. The Morgan fingerprint density at radius 1 is 1.33 bits per heavy atom. The Kier molecular flexibility index (Phi) is 3.57. The Bertz CT molecular complexity index is 579. The van der Waals surface area contributed by atoms with Crippen molar-refractivity contribution in [3.05, 3.63) is 29.8 Å². The van der Waals surface area contributed by atoms with Crippen molar-refractivity contribution in [2.24, 2.45) is 5.16 Å². The molecule has 1 aromatic rings. The maximum absolute atomic E-state index is 12.6. The SMILES string of the molecule is COc1ccccc1C1=NO[C@@](C)(C(=O)N2CCCC2)C1. The van der Waals surface area contributed by atoms with Gasteiger partial charge in [-0.1, -0.05) is 17.3 Å². The maximum atomic E-state index is 12.6. The molecule has 0 aromatic heterocycles. The Labute approximate surface area is 124 Å². The molecule has 0 saturated carbocycles. The molecule has 2 aliphatic rings. The van der Waals surface area contributed by atoms with E-state index in [9.17, 15) is 4.79 Å². The lowest BCUT2D eigenvalue weighted by atomic mass is 9.94. The first-order chi connectivity index (χ1) is 10.1. The highest BCUT2D eigenvalue weighted by molar-refractivity contribution is 6.07. The first kappa shape index (κ1) is 13.9. The molecule has 1 atom stereocenters. The number of likely N-dealkylation sites (tertiary alicyclic amines) is 1. The van der Waals surface area contributed by atoms with Gasteiger partial charge >= 0.3 is 0 Å². The van der Waals surface area contributed by atoms with Gasteiger partial charge in [-0.2, -0.15) is 0 Å². The van der Waals surface area contributed by atoms with E-state index >= 15 is 0 Å². The molecule has 0 bridgehead atoms. The number of benzene rings is 1. The molecule has 2 aliphatic heterocycles. The summed E-state index contributed by atoms with van der Waals surface area (Å²) in [6.45, 7) is 3.46. The van der Waals surface area contributed by atoms with Gasteiger partial charge in [0.25, 0.3) is 5.91 Å². The van der Waals surface area contributed by atoms with Crippen molar-refractivity contribution < 1.29 is 14.4 Å². The second-order valence-corrected chi connectivity index (χ2v) is 5.74. The summed E-state index contributed by atoms with van der Waals surface area (Å²) in [7, 11) is 1.63. The second kappa shape index (κ2) is 5.39. The third kappa shape index (κ3) is 2.48. The average Bonchev–Trinajstić information content (AvgIpc) is 3.17. The molecule has 1 fully saturated rings. The molecule has 112 valence electrons. The van der Waals surface area contributed by atoms with E-state index in [1.54, 1.807) is 7.11 Å². The van der Waals surface area contributed by atoms with Crippen LogP contribution in [-0.2, 0) is 9.63 Å². The summed E-state index contributed by atoms with van der Waals surface area (Å²) in [4.78, 5) is 20.0. The minimum Gasteiger partial charge on any atom is -0.496 e. The monoisotopic (exact) mass is 288 g/mol. The summed E-state index contributed by atoms with van der Waals surface area (Å²) in [6.07, 6.45) is 2.62. The zero-order valence-electron chi connectivity index (χ0n) is 12.5. The standard InChI is InChI=1S/C16H20N2O3/c1-16(15(19)18-9-5-6-10-18)11-13(17-21-16)12-7-3-4-8-14(12)20-2/h3-4,7-8H,5-6,9-11H2,1-2H3/t16-/m1/s1. The molecule has 5 nitrogen and oxygen atoms in total. The van der Waals surface area contributed by atoms with Gasteiger partial charge < -0.3 is 14.5 Å². The number of ether oxygens (including phenoxy) is 1. The van der Waals surface area contributed by atoms with Gasteiger partial charge in [0.05, 0.1) is 12.8 Å². The highest BCUT2D eigenvalue weighted by atomic mass is 16.7. The summed E-state index contributed by atoms with van der Waals surface area (Å²) < 4.78 is 5.35. The number of rotatable bonds is 3. The second-order valence-electron chi connectivity index (χ2n) is 5.74. The molecule has 21 heavy (non-hydrogen) atoms. The zero-order valence-corrected chi connectivity index (χ0v) is 12.5. The fourth-order valence-corrected chi connectivity index (χ4v) is 2.94. The van der Waals surface area contributed by atoms with Crippen molar-refractivity contribution in [2.45, 2.75) is 31.8 Å². The van der Waals surface area contributed by atoms with Crippen LogP contribution in [0.25, 0.3) is 0 Å². The number of nitrogens with zero attached hydrogens (tertiary/aromatic N) is 2. The Morgan fingerprint density at radius 2 is 2.05 bits per heavy atom. The minimum absolute atomic E-state index is 0.0358. The molecule has 0 N–H and O–H groups in total. The normalized spacial score (nSPS) is 24.7. The van der Waals surface area contributed by atoms with E-state index in [0.717, 1.165) is 43.0 Å². The van der Waals surface area contributed by atoms with Gasteiger partial charge in [-0.15, -0.1) is 0 Å². The molecule has 0 spiro atoms. The Balaban J connectivity index is 1.78. The van der Waals surface area contributed by atoms with Crippen LogP contribution >= 0.6 is 0 Å². The first-order valence-electron chi connectivity index (χ1n) is 7.32. The highest BCUT2D eigenvalue weighted by Crippen LogP contribution is 2.32. The lowest BCUT2D eigenvalue weighted by Gasteiger charge is -2.26. The molecular formula is C16H20N2O3. The van der Waals surface area contributed by atoms with Crippen molar-refractivity contribution in [1.29, 1.82) is 0 Å².